The van der Waals surface area contributed by atoms with Gasteiger partial charge in [-0.2, -0.15) is 0 Å². The Labute approximate surface area is 93.1 Å². The summed E-state index contributed by atoms with van der Waals surface area (Å²) in [6.07, 6.45) is 3.72. The minimum atomic E-state index is -0.857. The number of carboxylic acid groups (broad SMARTS) is 1. The Morgan fingerprint density at radius 1 is 1.38 bits per heavy atom. The van der Waals surface area contributed by atoms with Crippen molar-refractivity contribution in [3.63, 3.8) is 0 Å². The van der Waals surface area contributed by atoms with Gasteiger partial charge in [0.1, 0.15) is 0 Å². The SMILES string of the molecule is O=C(O)c1cccc2[nH]c(C3CCC3)cc12. The van der Waals surface area contributed by atoms with Crippen LogP contribution in [0.15, 0.2) is 24.3 Å². The van der Waals surface area contributed by atoms with Gasteiger partial charge in [-0.3, -0.25) is 0 Å². The van der Waals surface area contributed by atoms with Crippen LogP contribution >= 0.6 is 0 Å². The summed E-state index contributed by atoms with van der Waals surface area (Å²) < 4.78 is 0. The number of aromatic nitrogens is 1. The number of rotatable bonds is 2. The third-order valence-electron chi connectivity index (χ3n) is 3.46. The van der Waals surface area contributed by atoms with E-state index in [4.69, 9.17) is 5.11 Å². The molecule has 82 valence electrons. The standard InChI is InChI=1S/C13H13NO2/c15-13(16)9-5-2-6-11-10(9)7-12(14-11)8-3-1-4-8/h2,5-8,14H,1,3-4H2,(H,15,16). The summed E-state index contributed by atoms with van der Waals surface area (Å²) in [5.41, 5.74) is 2.51. The van der Waals surface area contributed by atoms with Crippen LogP contribution in [0.4, 0.5) is 0 Å². The molecule has 1 aliphatic rings. The Morgan fingerprint density at radius 2 is 2.19 bits per heavy atom. The number of nitrogens with one attached hydrogen (secondary N) is 1. The first-order valence-corrected chi connectivity index (χ1v) is 5.60. The normalized spacial score (nSPS) is 16.2. The predicted molar refractivity (Wildman–Crippen MR) is 61.9 cm³/mol. The van der Waals surface area contributed by atoms with Crippen molar-refractivity contribution < 1.29 is 9.90 Å². The Kier molecular flexibility index (Phi) is 1.99. The first-order chi connectivity index (χ1) is 7.75. The number of hydrogen-bond acceptors (Lipinski definition) is 1. The lowest BCUT2D eigenvalue weighted by Gasteiger charge is -2.23. The molecule has 1 aromatic heterocycles. The number of benzene rings is 1. The topological polar surface area (TPSA) is 53.1 Å². The van der Waals surface area contributed by atoms with Crippen LogP contribution in [0.3, 0.4) is 0 Å². The number of fused-ring (bicyclic) bond motifs is 1. The molecule has 0 aliphatic heterocycles. The van der Waals surface area contributed by atoms with Gasteiger partial charge in [-0.25, -0.2) is 4.79 Å². The number of carboxylic acids is 1. The summed E-state index contributed by atoms with van der Waals surface area (Å²) in [6, 6.07) is 7.38. The van der Waals surface area contributed by atoms with Crippen molar-refractivity contribution in [1.82, 2.24) is 4.98 Å². The summed E-state index contributed by atoms with van der Waals surface area (Å²) in [7, 11) is 0. The maximum atomic E-state index is 11.1. The summed E-state index contributed by atoms with van der Waals surface area (Å²) in [4.78, 5) is 14.4. The van der Waals surface area contributed by atoms with Crippen molar-refractivity contribution in [2.24, 2.45) is 0 Å². The quantitative estimate of drug-likeness (QED) is 0.808. The molecule has 1 fully saturated rings. The van der Waals surface area contributed by atoms with Gasteiger partial charge >= 0.3 is 5.97 Å². The fraction of sp³-hybridized carbons (Fsp3) is 0.308. The molecule has 0 radical (unpaired) electrons. The van der Waals surface area contributed by atoms with Crippen molar-refractivity contribution in [2.75, 3.05) is 0 Å². The molecule has 1 aromatic carbocycles. The van der Waals surface area contributed by atoms with E-state index in [1.807, 2.05) is 12.1 Å². The van der Waals surface area contributed by atoms with E-state index in [1.165, 1.54) is 25.0 Å². The lowest BCUT2D eigenvalue weighted by atomic mass is 9.83. The van der Waals surface area contributed by atoms with Gasteiger partial charge in [0.2, 0.25) is 0 Å². The monoisotopic (exact) mass is 215 g/mol. The molecule has 3 nitrogen and oxygen atoms in total. The van der Waals surface area contributed by atoms with Crippen LogP contribution in [-0.4, -0.2) is 16.1 Å². The van der Waals surface area contributed by atoms with E-state index in [-0.39, 0.29) is 0 Å². The molecular formula is C13H13NO2. The molecule has 0 unspecified atom stereocenters. The number of H-pyrrole nitrogens is 1. The molecule has 0 amide bonds. The molecule has 0 bridgehead atoms. The van der Waals surface area contributed by atoms with Gasteiger partial charge in [0, 0.05) is 16.6 Å². The lowest BCUT2D eigenvalue weighted by Crippen LogP contribution is -2.08. The third kappa shape index (κ3) is 1.32. The molecule has 1 aliphatic carbocycles. The van der Waals surface area contributed by atoms with E-state index in [2.05, 4.69) is 4.98 Å². The Balaban J connectivity index is 2.15. The highest BCUT2D eigenvalue weighted by molar-refractivity contribution is 6.03. The molecule has 3 heteroatoms. The fourth-order valence-electron chi connectivity index (χ4n) is 2.30. The van der Waals surface area contributed by atoms with Crippen LogP contribution < -0.4 is 0 Å². The number of hydrogen-bond donors (Lipinski definition) is 2. The van der Waals surface area contributed by atoms with E-state index >= 15 is 0 Å². The minimum Gasteiger partial charge on any atom is -0.478 e. The van der Waals surface area contributed by atoms with E-state index < -0.39 is 5.97 Å². The number of aromatic amines is 1. The second kappa shape index (κ2) is 3.37. The number of aromatic carboxylic acids is 1. The van der Waals surface area contributed by atoms with Gasteiger partial charge in [0.15, 0.2) is 0 Å². The first kappa shape index (κ1) is 9.46. The third-order valence-corrected chi connectivity index (χ3v) is 3.46. The van der Waals surface area contributed by atoms with Crippen molar-refractivity contribution in [2.45, 2.75) is 25.2 Å². The van der Waals surface area contributed by atoms with E-state index in [0.717, 1.165) is 10.9 Å². The Morgan fingerprint density at radius 3 is 2.81 bits per heavy atom. The minimum absolute atomic E-state index is 0.388. The van der Waals surface area contributed by atoms with Crippen molar-refractivity contribution >= 4 is 16.9 Å². The molecule has 0 atom stereocenters. The molecular weight excluding hydrogens is 202 g/mol. The zero-order valence-electron chi connectivity index (χ0n) is 8.86. The van der Waals surface area contributed by atoms with Crippen LogP contribution in [0.1, 0.15) is 41.2 Å². The smallest absolute Gasteiger partial charge is 0.336 e. The average molecular weight is 215 g/mol. The van der Waals surface area contributed by atoms with E-state index in [1.54, 1.807) is 12.1 Å². The van der Waals surface area contributed by atoms with Crippen molar-refractivity contribution in [1.29, 1.82) is 0 Å². The maximum Gasteiger partial charge on any atom is 0.336 e. The number of carbonyl (C=O) groups is 1. The first-order valence-electron chi connectivity index (χ1n) is 5.60. The van der Waals surface area contributed by atoms with Crippen LogP contribution in [0, 0.1) is 0 Å². The van der Waals surface area contributed by atoms with Gasteiger partial charge in [-0.1, -0.05) is 12.5 Å². The summed E-state index contributed by atoms with van der Waals surface area (Å²) in [5, 5.41) is 9.92. The second-order valence-corrected chi connectivity index (χ2v) is 4.42. The molecule has 1 saturated carbocycles. The largest absolute Gasteiger partial charge is 0.478 e. The highest BCUT2D eigenvalue weighted by atomic mass is 16.4. The van der Waals surface area contributed by atoms with Gasteiger partial charge in [0.05, 0.1) is 5.56 Å². The molecule has 2 aromatic rings. The molecule has 2 N–H and O–H groups in total. The molecule has 1 heterocycles. The lowest BCUT2D eigenvalue weighted by molar-refractivity contribution is 0.0699. The summed E-state index contributed by atoms with van der Waals surface area (Å²) in [5.74, 6) is -0.251. The van der Waals surface area contributed by atoms with Crippen LogP contribution in [0.2, 0.25) is 0 Å². The fourth-order valence-corrected chi connectivity index (χ4v) is 2.30. The van der Waals surface area contributed by atoms with Gasteiger partial charge in [0.25, 0.3) is 0 Å². The van der Waals surface area contributed by atoms with Crippen molar-refractivity contribution in [3.8, 4) is 0 Å². The molecule has 0 spiro atoms. The molecule has 0 saturated heterocycles. The second-order valence-electron chi connectivity index (χ2n) is 4.42. The van der Waals surface area contributed by atoms with Gasteiger partial charge in [-0.15, -0.1) is 0 Å². The van der Waals surface area contributed by atoms with Gasteiger partial charge < -0.3 is 10.1 Å². The highest BCUT2D eigenvalue weighted by Crippen LogP contribution is 2.37. The summed E-state index contributed by atoms with van der Waals surface area (Å²) >= 11 is 0. The van der Waals surface area contributed by atoms with Crippen molar-refractivity contribution in [3.05, 3.63) is 35.5 Å². The van der Waals surface area contributed by atoms with E-state index in [0.29, 0.717) is 11.5 Å². The van der Waals surface area contributed by atoms with E-state index in [9.17, 15) is 4.79 Å². The Hall–Kier alpha value is -1.77. The average Bonchev–Trinajstić information content (AvgIpc) is 2.56. The van der Waals surface area contributed by atoms with Crippen LogP contribution in [-0.2, 0) is 0 Å². The maximum absolute atomic E-state index is 11.1. The van der Waals surface area contributed by atoms with Gasteiger partial charge in [-0.05, 0) is 37.0 Å². The summed E-state index contributed by atoms with van der Waals surface area (Å²) in [6.45, 7) is 0. The molecule has 3 rings (SSSR count). The molecule has 16 heavy (non-hydrogen) atoms. The zero-order chi connectivity index (χ0) is 11.1. The van der Waals surface area contributed by atoms with Crippen LogP contribution in [0.5, 0.6) is 0 Å². The predicted octanol–water partition coefficient (Wildman–Crippen LogP) is 3.13. The zero-order valence-corrected chi connectivity index (χ0v) is 8.86. The van der Waals surface area contributed by atoms with Crippen LogP contribution in [0.25, 0.3) is 10.9 Å². The Bertz CT molecular complexity index is 552. The highest BCUT2D eigenvalue weighted by Gasteiger charge is 2.22.